The van der Waals surface area contributed by atoms with Crippen LogP contribution in [0.5, 0.6) is 0 Å². The van der Waals surface area contributed by atoms with Gasteiger partial charge in [-0.1, -0.05) is 12.1 Å². The van der Waals surface area contributed by atoms with Crippen molar-refractivity contribution in [3.8, 4) is 0 Å². The van der Waals surface area contributed by atoms with Crippen molar-refractivity contribution in [1.82, 2.24) is 20.3 Å². The Morgan fingerprint density at radius 3 is 3.15 bits per heavy atom. The molecule has 112 valence electrons. The van der Waals surface area contributed by atoms with E-state index in [1.54, 1.807) is 0 Å². The topological polar surface area (TPSA) is 52.0 Å². The van der Waals surface area contributed by atoms with Crippen molar-refractivity contribution in [3.05, 3.63) is 11.9 Å². The Bertz CT molecular complexity index is 425. The number of hydrogen-bond acceptors (Lipinski definition) is 5. The molecule has 6 heteroatoms. The Morgan fingerprint density at radius 2 is 2.35 bits per heavy atom. The van der Waals surface area contributed by atoms with E-state index in [1.165, 1.54) is 24.3 Å². The lowest BCUT2D eigenvalue weighted by atomic mass is 9.85. The van der Waals surface area contributed by atoms with Gasteiger partial charge in [0, 0.05) is 13.2 Å². The zero-order valence-corrected chi connectivity index (χ0v) is 13.0. The van der Waals surface area contributed by atoms with Crippen molar-refractivity contribution in [2.75, 3.05) is 24.7 Å². The first kappa shape index (κ1) is 14.4. The van der Waals surface area contributed by atoms with E-state index in [2.05, 4.69) is 33.4 Å². The second kappa shape index (κ2) is 6.45. The van der Waals surface area contributed by atoms with E-state index in [1.807, 2.05) is 11.8 Å². The number of ether oxygens (including phenoxy) is 1. The smallest absolute Gasteiger partial charge is 0.0964 e. The van der Waals surface area contributed by atoms with Crippen LogP contribution in [0, 0.1) is 0 Å². The molecule has 3 rings (SSSR count). The van der Waals surface area contributed by atoms with Crippen molar-refractivity contribution >= 4 is 11.8 Å². The van der Waals surface area contributed by atoms with Gasteiger partial charge in [0.05, 0.1) is 23.5 Å². The quantitative estimate of drug-likeness (QED) is 0.921. The fourth-order valence-electron chi connectivity index (χ4n) is 3.15. The van der Waals surface area contributed by atoms with E-state index in [0.29, 0.717) is 6.04 Å². The first-order valence-corrected chi connectivity index (χ1v) is 8.80. The van der Waals surface area contributed by atoms with E-state index in [-0.39, 0.29) is 5.60 Å². The average molecular weight is 296 g/mol. The standard InChI is InChI=1S/C14H24N4OS/c1-2-15-10-12-11-18(17-16-12)13-3-6-19-14(9-13)4-7-20-8-5-14/h11,13,15H,2-10H2,1H3. The molecule has 0 aliphatic carbocycles. The molecule has 0 radical (unpaired) electrons. The summed E-state index contributed by atoms with van der Waals surface area (Å²) in [5, 5.41) is 11.9. The highest BCUT2D eigenvalue weighted by Crippen LogP contribution is 2.41. The maximum atomic E-state index is 6.14. The summed E-state index contributed by atoms with van der Waals surface area (Å²) in [6.45, 7) is 4.73. The lowest BCUT2D eigenvalue weighted by Crippen LogP contribution is -2.43. The summed E-state index contributed by atoms with van der Waals surface area (Å²) < 4.78 is 8.21. The van der Waals surface area contributed by atoms with Crippen LogP contribution in [0.3, 0.4) is 0 Å². The van der Waals surface area contributed by atoms with Gasteiger partial charge in [-0.15, -0.1) is 5.10 Å². The van der Waals surface area contributed by atoms with Crippen LogP contribution in [0.4, 0.5) is 0 Å². The van der Waals surface area contributed by atoms with Crippen molar-refractivity contribution < 1.29 is 4.74 Å². The number of nitrogens with zero attached hydrogens (tertiary/aromatic N) is 3. The van der Waals surface area contributed by atoms with E-state index in [9.17, 15) is 0 Å². The monoisotopic (exact) mass is 296 g/mol. The second-order valence-corrected chi connectivity index (χ2v) is 6.99. The van der Waals surface area contributed by atoms with Gasteiger partial charge in [-0.25, -0.2) is 4.68 Å². The molecule has 1 atom stereocenters. The van der Waals surface area contributed by atoms with Gasteiger partial charge in [-0.05, 0) is 43.7 Å². The molecule has 0 saturated carbocycles. The molecule has 5 nitrogen and oxygen atoms in total. The molecule has 2 fully saturated rings. The number of rotatable bonds is 4. The van der Waals surface area contributed by atoms with Crippen molar-refractivity contribution in [1.29, 1.82) is 0 Å². The molecule has 2 aliphatic rings. The number of thioether (sulfide) groups is 1. The Balaban J connectivity index is 1.65. The van der Waals surface area contributed by atoms with Crippen LogP contribution in [0.1, 0.15) is 44.3 Å². The van der Waals surface area contributed by atoms with Crippen LogP contribution in [0.25, 0.3) is 0 Å². The molecule has 1 aromatic heterocycles. The highest BCUT2D eigenvalue weighted by atomic mass is 32.2. The zero-order valence-electron chi connectivity index (χ0n) is 12.2. The first-order valence-electron chi connectivity index (χ1n) is 7.64. The van der Waals surface area contributed by atoms with Crippen molar-refractivity contribution in [3.63, 3.8) is 0 Å². The largest absolute Gasteiger partial charge is 0.375 e. The van der Waals surface area contributed by atoms with Gasteiger partial charge in [-0.3, -0.25) is 0 Å². The third-order valence-corrected chi connectivity index (χ3v) is 5.34. The minimum atomic E-state index is 0.113. The normalized spacial score (nSPS) is 25.9. The summed E-state index contributed by atoms with van der Waals surface area (Å²) in [4.78, 5) is 0. The van der Waals surface area contributed by atoms with Gasteiger partial charge in [-0.2, -0.15) is 11.8 Å². The van der Waals surface area contributed by atoms with Crippen LogP contribution < -0.4 is 5.32 Å². The Hall–Kier alpha value is -0.590. The SMILES string of the molecule is CCNCc1cn(C2CCOC3(CCSCC3)C2)nn1. The van der Waals surface area contributed by atoms with Crippen LogP contribution in [0.15, 0.2) is 6.20 Å². The van der Waals surface area contributed by atoms with Crippen LogP contribution >= 0.6 is 11.8 Å². The summed E-state index contributed by atoms with van der Waals surface area (Å²) in [5.74, 6) is 2.46. The minimum Gasteiger partial charge on any atom is -0.375 e. The molecular formula is C14H24N4OS. The van der Waals surface area contributed by atoms with Crippen LogP contribution in [0.2, 0.25) is 0 Å². The Kier molecular flexibility index (Phi) is 4.63. The van der Waals surface area contributed by atoms with E-state index >= 15 is 0 Å². The molecule has 0 aromatic carbocycles. The van der Waals surface area contributed by atoms with E-state index in [0.717, 1.165) is 38.2 Å². The first-order chi connectivity index (χ1) is 9.81. The van der Waals surface area contributed by atoms with E-state index in [4.69, 9.17) is 4.74 Å². The molecule has 1 unspecified atom stereocenters. The molecule has 3 heterocycles. The van der Waals surface area contributed by atoms with Gasteiger partial charge in [0.25, 0.3) is 0 Å². The maximum absolute atomic E-state index is 6.14. The lowest BCUT2D eigenvalue weighted by Gasteiger charge is -2.43. The van der Waals surface area contributed by atoms with Gasteiger partial charge >= 0.3 is 0 Å². The summed E-state index contributed by atoms with van der Waals surface area (Å²) in [7, 11) is 0. The van der Waals surface area contributed by atoms with Crippen LogP contribution in [-0.2, 0) is 11.3 Å². The number of aromatic nitrogens is 3. The van der Waals surface area contributed by atoms with E-state index < -0.39 is 0 Å². The fraction of sp³-hybridized carbons (Fsp3) is 0.857. The van der Waals surface area contributed by atoms with Crippen molar-refractivity contribution in [2.24, 2.45) is 0 Å². The highest BCUT2D eigenvalue weighted by molar-refractivity contribution is 7.99. The predicted octanol–water partition coefficient (Wildman–Crippen LogP) is 2.00. The molecule has 0 amide bonds. The molecule has 1 N–H and O–H groups in total. The Morgan fingerprint density at radius 1 is 1.50 bits per heavy atom. The molecule has 1 aromatic rings. The third-order valence-electron chi connectivity index (χ3n) is 4.36. The fourth-order valence-corrected chi connectivity index (χ4v) is 4.38. The summed E-state index contributed by atoms with van der Waals surface area (Å²) in [6, 6.07) is 0.453. The summed E-state index contributed by atoms with van der Waals surface area (Å²) >= 11 is 2.05. The van der Waals surface area contributed by atoms with Gasteiger partial charge in [0.15, 0.2) is 0 Å². The third kappa shape index (κ3) is 3.18. The molecule has 20 heavy (non-hydrogen) atoms. The van der Waals surface area contributed by atoms with Crippen molar-refractivity contribution in [2.45, 2.75) is 50.8 Å². The summed E-state index contributed by atoms with van der Waals surface area (Å²) in [6.07, 6.45) is 6.63. The van der Waals surface area contributed by atoms with Gasteiger partial charge < -0.3 is 10.1 Å². The number of hydrogen-bond donors (Lipinski definition) is 1. The number of nitrogens with one attached hydrogen (secondary N) is 1. The predicted molar refractivity (Wildman–Crippen MR) is 80.9 cm³/mol. The molecule has 1 spiro atoms. The summed E-state index contributed by atoms with van der Waals surface area (Å²) in [5.41, 5.74) is 1.15. The highest BCUT2D eigenvalue weighted by Gasteiger charge is 2.39. The molecular weight excluding hydrogens is 272 g/mol. The Labute approximate surface area is 124 Å². The maximum Gasteiger partial charge on any atom is 0.0964 e. The second-order valence-electron chi connectivity index (χ2n) is 5.76. The lowest BCUT2D eigenvalue weighted by molar-refractivity contribution is -0.100. The van der Waals surface area contributed by atoms with Crippen LogP contribution in [-0.4, -0.2) is 45.3 Å². The average Bonchev–Trinajstić information content (AvgIpc) is 2.95. The molecule has 2 aliphatic heterocycles. The van der Waals surface area contributed by atoms with Gasteiger partial charge in [0.1, 0.15) is 0 Å². The van der Waals surface area contributed by atoms with Gasteiger partial charge in [0.2, 0.25) is 0 Å². The molecule has 0 bridgehead atoms. The minimum absolute atomic E-state index is 0.113. The molecule has 2 saturated heterocycles. The zero-order chi connectivity index (χ0) is 13.8.